The van der Waals surface area contributed by atoms with E-state index in [2.05, 4.69) is 74.8 Å². The lowest BCUT2D eigenvalue weighted by molar-refractivity contribution is 0.174. The molecule has 0 aromatic carbocycles. The molecule has 2 aromatic rings. The first-order chi connectivity index (χ1) is 14.5. The third kappa shape index (κ3) is 5.19. The number of rotatable bonds is 5. The quantitative estimate of drug-likeness (QED) is 0.419. The largest absolute Gasteiger partial charge is 0.364 e. The van der Waals surface area contributed by atoms with Gasteiger partial charge < -0.3 is 4.90 Å². The van der Waals surface area contributed by atoms with Gasteiger partial charge in [0.25, 0.3) is 5.56 Å². The van der Waals surface area contributed by atoms with E-state index in [9.17, 15) is 10.1 Å². The number of hydrogen-bond donors (Lipinski definition) is 0. The van der Waals surface area contributed by atoms with E-state index in [-0.39, 0.29) is 29.6 Å². The number of piperazine rings is 1. The first-order valence-corrected chi connectivity index (χ1v) is 14.4. The normalized spacial score (nSPS) is 18.0. The Kier molecular flexibility index (Phi) is 9.66. The Morgan fingerprint density at radius 2 is 2.13 bits per heavy atom. The van der Waals surface area contributed by atoms with Crippen molar-refractivity contribution in [3.8, 4) is 6.07 Å². The molecule has 0 radical (unpaired) electrons. The van der Waals surface area contributed by atoms with Crippen molar-refractivity contribution >= 4 is 34.1 Å². The van der Waals surface area contributed by atoms with Crippen LogP contribution in [0.15, 0.2) is 29.3 Å². The van der Waals surface area contributed by atoms with E-state index in [1.807, 2.05) is 26.1 Å². The molecule has 1 fully saturated rings. The number of aromatic nitrogens is 3. The minimum atomic E-state index is -0.307. The summed E-state index contributed by atoms with van der Waals surface area (Å²) < 4.78 is 1.35. The average Bonchev–Trinajstić information content (AvgIpc) is 2.79. The fourth-order valence-electron chi connectivity index (χ4n) is 3.85. The molecule has 3 atom stereocenters. The summed E-state index contributed by atoms with van der Waals surface area (Å²) in [5.74, 6) is 0. The zero-order chi connectivity index (χ0) is 22.3. The predicted molar refractivity (Wildman–Crippen MR) is 133 cm³/mol. The molecule has 0 bridgehead atoms. The summed E-state index contributed by atoms with van der Waals surface area (Å²) in [6.07, 6.45) is 4.62. The lowest BCUT2D eigenvalue weighted by Crippen LogP contribution is -2.53. The van der Waals surface area contributed by atoms with Gasteiger partial charge in [-0.2, -0.15) is 10.4 Å². The summed E-state index contributed by atoms with van der Waals surface area (Å²) >= 11 is 2.10. The Morgan fingerprint density at radius 3 is 2.73 bits per heavy atom. The van der Waals surface area contributed by atoms with Gasteiger partial charge in [0.2, 0.25) is 0 Å². The summed E-state index contributed by atoms with van der Waals surface area (Å²) in [5.41, 5.74) is 2.94. The van der Waals surface area contributed by atoms with E-state index in [1.54, 1.807) is 6.20 Å². The molecule has 2 aromatic heterocycles. The summed E-state index contributed by atoms with van der Waals surface area (Å²) in [7, 11) is 0. The summed E-state index contributed by atoms with van der Waals surface area (Å²) in [6, 6.07) is 6.70. The molecule has 30 heavy (non-hydrogen) atoms. The second kappa shape index (κ2) is 11.7. The number of pyridine rings is 1. The van der Waals surface area contributed by atoms with Crippen LogP contribution in [0.1, 0.15) is 57.5 Å². The van der Waals surface area contributed by atoms with Gasteiger partial charge in [0.05, 0.1) is 18.3 Å². The zero-order valence-electron chi connectivity index (χ0n) is 18.3. The molecule has 162 valence electrons. The van der Waals surface area contributed by atoms with Crippen molar-refractivity contribution in [1.82, 2.24) is 19.4 Å². The molecule has 0 spiro atoms. The molecule has 1 aliphatic rings. The monoisotopic (exact) mass is 540 g/mol. The van der Waals surface area contributed by atoms with Crippen LogP contribution in [0.3, 0.4) is 0 Å². The highest BCUT2D eigenvalue weighted by molar-refractivity contribution is 14.2. The first-order valence-electron chi connectivity index (χ1n) is 10.3. The molecule has 3 rings (SSSR count). The Morgan fingerprint density at radius 1 is 1.40 bits per heavy atom. The molecule has 9 heteroatoms. The second-order valence-electron chi connectivity index (χ2n) is 6.92. The third-order valence-electron chi connectivity index (χ3n) is 5.38. The molecule has 0 N–H and O–H groups in total. The molecule has 1 saturated heterocycles. The van der Waals surface area contributed by atoms with Crippen LogP contribution < -0.4 is 10.5 Å². The first kappa shape index (κ1) is 24.7. The smallest absolute Gasteiger partial charge is 0.290 e. The van der Waals surface area contributed by atoms with Gasteiger partial charge in [-0.1, -0.05) is 26.8 Å². The van der Waals surface area contributed by atoms with Crippen molar-refractivity contribution in [2.45, 2.75) is 53.1 Å². The van der Waals surface area contributed by atoms with Crippen LogP contribution in [-0.2, 0) is 6.42 Å². The molecule has 0 saturated carbocycles. The Hall–Kier alpha value is -1.56. The summed E-state index contributed by atoms with van der Waals surface area (Å²) in [6.45, 7) is 12.9. The topological polar surface area (TPSA) is 78.1 Å². The van der Waals surface area contributed by atoms with E-state index in [0.29, 0.717) is 5.69 Å². The highest BCUT2D eigenvalue weighted by atomic mass is 127. The maximum atomic E-state index is 12.5. The van der Waals surface area contributed by atoms with Crippen LogP contribution in [0.5, 0.6) is 0 Å². The standard InChI is InChI=1S/C19H24IN6OP.C2H6/c1-4-17-15(6-5-7-22-17)14(3)24-8-9-25(13(2)12-24)18-11-23-26(28-20)19(27)16(18)10-21;1-2/h5-7,11,13-14,28H,4,8-9,12H2,1-3H3;1-2H3. The van der Waals surface area contributed by atoms with Crippen LogP contribution in [0.25, 0.3) is 0 Å². The SMILES string of the molecule is CC.CCc1ncccc1C(C)N1CCN(c2cnn(PI)c(=O)c2C#N)C(C)C1. The van der Waals surface area contributed by atoms with E-state index >= 15 is 0 Å². The van der Waals surface area contributed by atoms with Crippen molar-refractivity contribution in [3.63, 3.8) is 0 Å². The van der Waals surface area contributed by atoms with Crippen molar-refractivity contribution in [2.24, 2.45) is 0 Å². The van der Waals surface area contributed by atoms with Crippen LogP contribution in [0.4, 0.5) is 5.69 Å². The molecule has 1 aliphatic heterocycles. The minimum Gasteiger partial charge on any atom is -0.364 e. The van der Waals surface area contributed by atoms with Crippen molar-refractivity contribution in [2.75, 3.05) is 24.5 Å². The van der Waals surface area contributed by atoms with Gasteiger partial charge in [-0.25, -0.2) is 4.45 Å². The molecular formula is C21H30IN6OP. The highest BCUT2D eigenvalue weighted by Crippen LogP contribution is 2.29. The number of nitriles is 1. The van der Waals surface area contributed by atoms with Gasteiger partial charge in [-0.3, -0.25) is 14.7 Å². The van der Waals surface area contributed by atoms with E-state index in [0.717, 1.165) is 31.7 Å². The molecule has 3 unspecified atom stereocenters. The minimum absolute atomic E-state index is 0.171. The van der Waals surface area contributed by atoms with Crippen molar-refractivity contribution in [3.05, 3.63) is 51.7 Å². The Balaban J connectivity index is 0.00000155. The van der Waals surface area contributed by atoms with Crippen LogP contribution in [0, 0.1) is 11.3 Å². The number of nitrogens with zero attached hydrogens (tertiary/aromatic N) is 6. The van der Waals surface area contributed by atoms with E-state index < -0.39 is 0 Å². The van der Waals surface area contributed by atoms with Gasteiger partial charge in [0, 0.05) is 43.6 Å². The van der Waals surface area contributed by atoms with Crippen LogP contribution in [-0.4, -0.2) is 45.1 Å². The lowest BCUT2D eigenvalue weighted by Gasteiger charge is -2.43. The Bertz CT molecular complexity index is 944. The molecular weight excluding hydrogens is 510 g/mol. The molecule has 0 amide bonds. The average molecular weight is 540 g/mol. The van der Waals surface area contributed by atoms with Crippen LogP contribution in [0.2, 0.25) is 0 Å². The maximum Gasteiger partial charge on any atom is 0.290 e. The van der Waals surface area contributed by atoms with Crippen molar-refractivity contribution in [1.29, 1.82) is 5.26 Å². The van der Waals surface area contributed by atoms with Gasteiger partial charge in [0.15, 0.2) is 0 Å². The molecule has 0 aliphatic carbocycles. The number of hydrogen-bond acceptors (Lipinski definition) is 6. The Labute approximate surface area is 193 Å². The van der Waals surface area contributed by atoms with Crippen molar-refractivity contribution < 1.29 is 0 Å². The third-order valence-corrected chi connectivity index (χ3v) is 7.23. The van der Waals surface area contributed by atoms with Gasteiger partial charge in [-0.15, -0.1) is 0 Å². The molecule has 3 heterocycles. The van der Waals surface area contributed by atoms with Gasteiger partial charge in [0.1, 0.15) is 11.6 Å². The number of aryl methyl sites for hydroxylation is 1. The lowest BCUT2D eigenvalue weighted by atomic mass is 10.0. The van der Waals surface area contributed by atoms with E-state index in [1.165, 1.54) is 10.0 Å². The maximum absolute atomic E-state index is 12.5. The summed E-state index contributed by atoms with van der Waals surface area (Å²) in [5, 5.41) is 13.8. The van der Waals surface area contributed by atoms with E-state index in [4.69, 9.17) is 0 Å². The van der Waals surface area contributed by atoms with Crippen LogP contribution >= 0.6 is 28.4 Å². The fourth-order valence-corrected chi connectivity index (χ4v) is 5.17. The van der Waals surface area contributed by atoms with Gasteiger partial charge >= 0.3 is 0 Å². The predicted octanol–water partition coefficient (Wildman–Crippen LogP) is 4.16. The van der Waals surface area contributed by atoms with Gasteiger partial charge in [-0.05, 0) is 53.9 Å². The number of anilines is 1. The molecule has 7 nitrogen and oxygen atoms in total. The summed E-state index contributed by atoms with van der Waals surface area (Å²) in [4.78, 5) is 21.6. The highest BCUT2D eigenvalue weighted by Gasteiger charge is 2.30. The zero-order valence-corrected chi connectivity index (χ0v) is 21.4. The number of halogens is 1. The fraction of sp³-hybridized carbons (Fsp3) is 0.524. The second-order valence-corrected chi connectivity index (χ2v) is 8.96.